The van der Waals surface area contributed by atoms with Gasteiger partial charge in [-0.25, -0.2) is 4.79 Å². The third kappa shape index (κ3) is 4.61. The first kappa shape index (κ1) is 17.3. The molecule has 3 N–H and O–H groups in total. The second-order valence-corrected chi connectivity index (χ2v) is 6.36. The van der Waals surface area contributed by atoms with Crippen molar-refractivity contribution < 1.29 is 19.5 Å². The molecule has 0 spiro atoms. The number of carboxylic acid groups (broad SMARTS) is 1. The predicted molar refractivity (Wildman–Crippen MR) is 77.6 cm³/mol. The highest BCUT2D eigenvalue weighted by molar-refractivity contribution is 5.86. The number of likely N-dealkylation sites (tertiary alicyclic amines) is 1. The molecule has 1 rings (SSSR count). The molecule has 1 heterocycles. The first-order valence-electron chi connectivity index (χ1n) is 7.24. The van der Waals surface area contributed by atoms with E-state index in [1.807, 2.05) is 20.8 Å². The third-order valence-electron chi connectivity index (χ3n) is 3.67. The zero-order chi connectivity index (χ0) is 16.2. The summed E-state index contributed by atoms with van der Waals surface area (Å²) in [6, 6.07) is -0.909. The molecule has 0 bridgehead atoms. The molecule has 1 fully saturated rings. The van der Waals surface area contributed by atoms with Crippen molar-refractivity contribution in [3.63, 3.8) is 0 Å². The molecule has 120 valence electrons. The molecule has 0 aromatic heterocycles. The van der Waals surface area contributed by atoms with Crippen LogP contribution in [0.5, 0.6) is 0 Å². The standard InChI is InChI=1S/C14H25N3O4/c1-14(2,3)17(9-7-11(18)19)13(21)16-8-5-4-6-10(16)12(15)20/h10H,4-9H2,1-3H3,(H2,15,20)(H,18,19). The van der Waals surface area contributed by atoms with Gasteiger partial charge >= 0.3 is 12.0 Å². The largest absolute Gasteiger partial charge is 0.481 e. The van der Waals surface area contributed by atoms with E-state index in [4.69, 9.17) is 10.8 Å². The van der Waals surface area contributed by atoms with Crippen molar-refractivity contribution in [3.8, 4) is 0 Å². The van der Waals surface area contributed by atoms with Crippen molar-refractivity contribution >= 4 is 17.9 Å². The number of amides is 3. The fraction of sp³-hybridized carbons (Fsp3) is 0.786. The number of hydrogen-bond acceptors (Lipinski definition) is 3. The Kier molecular flexibility index (Phi) is 5.57. The Morgan fingerprint density at radius 1 is 1.29 bits per heavy atom. The van der Waals surface area contributed by atoms with Crippen LogP contribution in [0.3, 0.4) is 0 Å². The number of nitrogens with two attached hydrogens (primary N) is 1. The SMILES string of the molecule is CC(C)(C)N(CCC(=O)O)C(=O)N1CCCCC1C(N)=O. The number of piperidine rings is 1. The van der Waals surface area contributed by atoms with Gasteiger partial charge in [-0.15, -0.1) is 0 Å². The molecule has 0 aromatic rings. The molecule has 0 saturated carbocycles. The Labute approximate surface area is 125 Å². The molecule has 0 radical (unpaired) electrons. The molecular weight excluding hydrogens is 274 g/mol. The van der Waals surface area contributed by atoms with Gasteiger partial charge in [-0.2, -0.15) is 0 Å². The molecule has 21 heavy (non-hydrogen) atoms. The Hall–Kier alpha value is -1.79. The van der Waals surface area contributed by atoms with E-state index < -0.39 is 23.5 Å². The van der Waals surface area contributed by atoms with Crippen molar-refractivity contribution in [1.82, 2.24) is 9.80 Å². The highest BCUT2D eigenvalue weighted by Gasteiger charge is 2.36. The molecule has 0 aromatic carbocycles. The molecule has 1 atom stereocenters. The molecule has 1 aliphatic rings. The maximum absolute atomic E-state index is 12.7. The van der Waals surface area contributed by atoms with Gasteiger partial charge in [0, 0.05) is 18.6 Å². The molecule has 1 aliphatic heterocycles. The van der Waals surface area contributed by atoms with E-state index in [1.165, 1.54) is 9.80 Å². The van der Waals surface area contributed by atoms with Crippen LogP contribution < -0.4 is 5.73 Å². The van der Waals surface area contributed by atoms with Crippen LogP contribution >= 0.6 is 0 Å². The summed E-state index contributed by atoms with van der Waals surface area (Å²) in [5, 5.41) is 8.83. The first-order valence-corrected chi connectivity index (χ1v) is 7.24. The Morgan fingerprint density at radius 2 is 1.90 bits per heavy atom. The average Bonchev–Trinajstić information content (AvgIpc) is 2.36. The van der Waals surface area contributed by atoms with E-state index >= 15 is 0 Å². The van der Waals surface area contributed by atoms with Crippen molar-refractivity contribution in [1.29, 1.82) is 0 Å². The topological polar surface area (TPSA) is 104 Å². The Bertz CT molecular complexity index is 417. The number of carboxylic acids is 1. The summed E-state index contributed by atoms with van der Waals surface area (Å²) >= 11 is 0. The van der Waals surface area contributed by atoms with E-state index in [0.29, 0.717) is 13.0 Å². The number of primary amides is 1. The van der Waals surface area contributed by atoms with Crippen LogP contribution in [0, 0.1) is 0 Å². The summed E-state index contributed by atoms with van der Waals surface area (Å²) < 4.78 is 0. The molecule has 1 unspecified atom stereocenters. The zero-order valence-corrected chi connectivity index (χ0v) is 13.0. The lowest BCUT2D eigenvalue weighted by molar-refractivity contribution is -0.137. The Balaban J connectivity index is 2.92. The third-order valence-corrected chi connectivity index (χ3v) is 3.67. The molecule has 7 nitrogen and oxygen atoms in total. The minimum absolute atomic E-state index is 0.111. The zero-order valence-electron chi connectivity index (χ0n) is 13.0. The molecule has 7 heteroatoms. The van der Waals surface area contributed by atoms with Gasteiger partial charge in [-0.05, 0) is 40.0 Å². The smallest absolute Gasteiger partial charge is 0.321 e. The summed E-state index contributed by atoms with van der Waals surface area (Å²) in [4.78, 5) is 38.0. The van der Waals surface area contributed by atoms with Crippen LogP contribution in [0.2, 0.25) is 0 Å². The first-order chi connectivity index (χ1) is 9.64. The number of carbonyl (C=O) groups excluding carboxylic acids is 2. The lowest BCUT2D eigenvalue weighted by Crippen LogP contribution is -2.58. The average molecular weight is 299 g/mol. The van der Waals surface area contributed by atoms with E-state index in [9.17, 15) is 14.4 Å². The number of aliphatic carboxylic acids is 1. The molecule has 3 amide bonds. The lowest BCUT2D eigenvalue weighted by atomic mass is 10.0. The van der Waals surface area contributed by atoms with Gasteiger partial charge in [-0.1, -0.05) is 0 Å². The fourth-order valence-electron chi connectivity index (χ4n) is 2.54. The van der Waals surface area contributed by atoms with Gasteiger partial charge in [0.25, 0.3) is 0 Å². The maximum Gasteiger partial charge on any atom is 0.321 e. The van der Waals surface area contributed by atoms with Crippen molar-refractivity contribution in [2.45, 2.75) is 58.0 Å². The monoisotopic (exact) mass is 299 g/mol. The number of hydrogen-bond donors (Lipinski definition) is 2. The van der Waals surface area contributed by atoms with Crippen LogP contribution in [0.15, 0.2) is 0 Å². The highest BCUT2D eigenvalue weighted by atomic mass is 16.4. The van der Waals surface area contributed by atoms with Gasteiger partial charge in [0.2, 0.25) is 5.91 Å². The van der Waals surface area contributed by atoms with Gasteiger partial charge in [0.05, 0.1) is 6.42 Å². The lowest BCUT2D eigenvalue weighted by Gasteiger charge is -2.42. The number of nitrogens with zero attached hydrogens (tertiary/aromatic N) is 2. The summed E-state index contributed by atoms with van der Waals surface area (Å²) in [7, 11) is 0. The van der Waals surface area contributed by atoms with E-state index in [1.54, 1.807) is 0 Å². The van der Waals surface area contributed by atoms with E-state index in [0.717, 1.165) is 12.8 Å². The van der Waals surface area contributed by atoms with E-state index in [2.05, 4.69) is 0 Å². The normalized spacial score (nSPS) is 19.2. The van der Waals surface area contributed by atoms with Crippen LogP contribution in [0.4, 0.5) is 4.79 Å². The van der Waals surface area contributed by atoms with Gasteiger partial charge in [-0.3, -0.25) is 9.59 Å². The Morgan fingerprint density at radius 3 is 2.38 bits per heavy atom. The summed E-state index contributed by atoms with van der Waals surface area (Å²) in [6.07, 6.45) is 2.13. The second-order valence-electron chi connectivity index (χ2n) is 6.36. The number of urea groups is 1. The summed E-state index contributed by atoms with van der Waals surface area (Å²) in [5.74, 6) is -1.46. The van der Waals surface area contributed by atoms with Crippen molar-refractivity contribution in [3.05, 3.63) is 0 Å². The molecule has 0 aliphatic carbocycles. The van der Waals surface area contributed by atoms with Crippen molar-refractivity contribution in [2.24, 2.45) is 5.73 Å². The minimum atomic E-state index is -0.956. The quantitative estimate of drug-likeness (QED) is 0.808. The van der Waals surface area contributed by atoms with Crippen LogP contribution in [-0.4, -0.2) is 57.5 Å². The molecule has 1 saturated heterocycles. The van der Waals surface area contributed by atoms with Gasteiger partial charge in [0.1, 0.15) is 6.04 Å². The predicted octanol–water partition coefficient (Wildman–Crippen LogP) is 1.02. The highest BCUT2D eigenvalue weighted by Crippen LogP contribution is 2.23. The van der Waals surface area contributed by atoms with Crippen LogP contribution in [0.25, 0.3) is 0 Å². The number of rotatable bonds is 4. The van der Waals surface area contributed by atoms with E-state index in [-0.39, 0.29) is 19.0 Å². The fourth-order valence-corrected chi connectivity index (χ4v) is 2.54. The van der Waals surface area contributed by atoms with Crippen LogP contribution in [-0.2, 0) is 9.59 Å². The summed E-state index contributed by atoms with van der Waals surface area (Å²) in [5.41, 5.74) is 4.86. The van der Waals surface area contributed by atoms with Crippen LogP contribution in [0.1, 0.15) is 46.5 Å². The minimum Gasteiger partial charge on any atom is -0.481 e. The van der Waals surface area contributed by atoms with Gasteiger partial charge < -0.3 is 20.6 Å². The molecular formula is C14H25N3O4. The maximum atomic E-state index is 12.7. The number of carbonyl (C=O) groups is 3. The van der Waals surface area contributed by atoms with Gasteiger partial charge in [0.15, 0.2) is 0 Å². The van der Waals surface area contributed by atoms with Crippen molar-refractivity contribution in [2.75, 3.05) is 13.1 Å². The second kappa shape index (κ2) is 6.78. The summed E-state index contributed by atoms with van der Waals surface area (Å²) in [6.45, 7) is 6.12.